The number of ether oxygens (including phenoxy) is 2. The highest BCUT2D eigenvalue weighted by Gasteiger charge is 2.21. The molecule has 7 heteroatoms. The van der Waals surface area contributed by atoms with E-state index < -0.39 is 0 Å². The lowest BCUT2D eigenvalue weighted by molar-refractivity contribution is -0.0284. The second-order valence-electron chi connectivity index (χ2n) is 8.66. The molecule has 0 amide bonds. The van der Waals surface area contributed by atoms with E-state index in [1.54, 1.807) is 0 Å². The highest BCUT2D eigenvalue weighted by molar-refractivity contribution is 5.79. The maximum atomic E-state index is 5.93. The van der Waals surface area contributed by atoms with Crippen LogP contribution in [0.4, 0.5) is 0 Å². The Hall–Kier alpha value is -1.67. The molecular weight excluding hydrogens is 378 g/mol. The van der Waals surface area contributed by atoms with Crippen LogP contribution in [0.15, 0.2) is 29.3 Å². The van der Waals surface area contributed by atoms with Gasteiger partial charge in [-0.2, -0.15) is 0 Å². The van der Waals surface area contributed by atoms with Crippen LogP contribution in [0.5, 0.6) is 0 Å². The summed E-state index contributed by atoms with van der Waals surface area (Å²) in [4.78, 5) is 9.32. The molecule has 0 aliphatic carbocycles. The third kappa shape index (κ3) is 7.87. The van der Waals surface area contributed by atoms with Gasteiger partial charge in [-0.05, 0) is 17.0 Å². The van der Waals surface area contributed by atoms with Crippen LogP contribution in [0.2, 0.25) is 0 Å². The molecule has 2 aliphatic rings. The number of aliphatic imine (C=N–C) groups is 1. The molecule has 1 aromatic carbocycles. The molecule has 1 atom stereocenters. The van der Waals surface area contributed by atoms with Crippen molar-refractivity contribution in [2.45, 2.75) is 33.0 Å². The first-order chi connectivity index (χ1) is 14.6. The van der Waals surface area contributed by atoms with Crippen LogP contribution in [0, 0.1) is 5.92 Å². The number of rotatable bonds is 8. The minimum Gasteiger partial charge on any atom is -0.379 e. The number of hydrogen-bond donors (Lipinski definition) is 2. The van der Waals surface area contributed by atoms with Crippen LogP contribution in [0.25, 0.3) is 0 Å². The Balaban J connectivity index is 1.42. The highest BCUT2D eigenvalue weighted by atomic mass is 16.5. The van der Waals surface area contributed by atoms with E-state index in [-0.39, 0.29) is 6.10 Å². The van der Waals surface area contributed by atoms with Gasteiger partial charge in [-0.3, -0.25) is 14.8 Å². The minimum absolute atomic E-state index is 0.202. The molecule has 2 heterocycles. The molecule has 0 bridgehead atoms. The molecule has 0 spiro atoms. The average molecular weight is 418 g/mol. The Morgan fingerprint density at radius 3 is 2.63 bits per heavy atom. The van der Waals surface area contributed by atoms with Gasteiger partial charge in [-0.15, -0.1) is 0 Å². The lowest BCUT2D eigenvalue weighted by Crippen LogP contribution is -2.50. The van der Waals surface area contributed by atoms with Gasteiger partial charge >= 0.3 is 0 Å². The topological polar surface area (TPSA) is 61.4 Å². The molecule has 1 aromatic rings. The van der Waals surface area contributed by atoms with Crippen LogP contribution in [0.3, 0.4) is 0 Å². The monoisotopic (exact) mass is 417 g/mol. The second-order valence-corrected chi connectivity index (χ2v) is 8.66. The fourth-order valence-electron chi connectivity index (χ4n) is 4.06. The number of nitrogens with one attached hydrogen (secondary N) is 2. The molecule has 2 saturated heterocycles. The summed E-state index contributed by atoms with van der Waals surface area (Å²) in [5, 5.41) is 6.86. The smallest absolute Gasteiger partial charge is 0.191 e. The summed E-state index contributed by atoms with van der Waals surface area (Å²) in [7, 11) is 1.82. The number of nitrogens with zero attached hydrogens (tertiary/aromatic N) is 3. The van der Waals surface area contributed by atoms with Crippen molar-refractivity contribution in [3.05, 3.63) is 35.4 Å². The lowest BCUT2D eigenvalue weighted by Gasteiger charge is -2.34. The summed E-state index contributed by atoms with van der Waals surface area (Å²) in [6, 6.07) is 8.79. The Morgan fingerprint density at radius 2 is 1.87 bits per heavy atom. The van der Waals surface area contributed by atoms with E-state index in [0.717, 1.165) is 78.1 Å². The maximum Gasteiger partial charge on any atom is 0.191 e. The quantitative estimate of drug-likeness (QED) is 0.494. The van der Waals surface area contributed by atoms with E-state index in [1.165, 1.54) is 11.1 Å². The Kier molecular flexibility index (Phi) is 9.39. The van der Waals surface area contributed by atoms with E-state index in [2.05, 4.69) is 63.5 Å². The van der Waals surface area contributed by atoms with Gasteiger partial charge in [0.2, 0.25) is 0 Å². The summed E-state index contributed by atoms with van der Waals surface area (Å²) in [6.07, 6.45) is 0.202. The minimum atomic E-state index is 0.202. The van der Waals surface area contributed by atoms with Gasteiger partial charge in [0.1, 0.15) is 0 Å². The first kappa shape index (κ1) is 23.0. The van der Waals surface area contributed by atoms with Crippen molar-refractivity contribution in [1.82, 2.24) is 20.4 Å². The van der Waals surface area contributed by atoms with Crippen molar-refractivity contribution in [3.63, 3.8) is 0 Å². The van der Waals surface area contributed by atoms with Crippen molar-refractivity contribution >= 4 is 5.96 Å². The number of hydrogen-bond acceptors (Lipinski definition) is 5. The molecule has 30 heavy (non-hydrogen) atoms. The van der Waals surface area contributed by atoms with E-state index in [9.17, 15) is 0 Å². The zero-order valence-corrected chi connectivity index (χ0v) is 18.9. The van der Waals surface area contributed by atoms with Crippen LogP contribution in [-0.4, -0.2) is 88.0 Å². The van der Waals surface area contributed by atoms with Crippen molar-refractivity contribution < 1.29 is 9.47 Å². The van der Waals surface area contributed by atoms with Crippen molar-refractivity contribution in [2.75, 3.05) is 66.1 Å². The molecule has 2 aliphatic heterocycles. The Morgan fingerprint density at radius 1 is 1.10 bits per heavy atom. The van der Waals surface area contributed by atoms with Crippen molar-refractivity contribution in [1.29, 1.82) is 0 Å². The number of morpholine rings is 2. The molecule has 2 N–H and O–H groups in total. The van der Waals surface area contributed by atoms with Crippen LogP contribution in [-0.2, 0) is 22.6 Å². The SMILES string of the molecule is CN=C(NCc1cccc(CN2CCOCC2)c1)NCC1CN(CC(C)C)CCO1. The van der Waals surface area contributed by atoms with E-state index in [1.807, 2.05) is 7.05 Å². The van der Waals surface area contributed by atoms with Crippen LogP contribution in [0.1, 0.15) is 25.0 Å². The Labute approximate surface area is 181 Å². The molecule has 0 radical (unpaired) electrons. The molecular formula is C23H39N5O2. The maximum absolute atomic E-state index is 5.93. The zero-order valence-electron chi connectivity index (χ0n) is 18.9. The molecule has 1 unspecified atom stereocenters. The molecule has 0 aromatic heterocycles. The lowest BCUT2D eigenvalue weighted by atomic mass is 10.1. The van der Waals surface area contributed by atoms with E-state index in [4.69, 9.17) is 9.47 Å². The fourth-order valence-corrected chi connectivity index (χ4v) is 4.06. The second kappa shape index (κ2) is 12.2. The molecule has 168 valence electrons. The van der Waals surface area contributed by atoms with Gasteiger partial charge in [-0.1, -0.05) is 38.1 Å². The summed E-state index contributed by atoms with van der Waals surface area (Å²) < 4.78 is 11.4. The van der Waals surface area contributed by atoms with E-state index in [0.29, 0.717) is 5.92 Å². The van der Waals surface area contributed by atoms with Gasteiger partial charge in [0.15, 0.2) is 5.96 Å². The summed E-state index contributed by atoms with van der Waals surface area (Å²) in [5.41, 5.74) is 2.61. The van der Waals surface area contributed by atoms with Gasteiger partial charge < -0.3 is 20.1 Å². The number of guanidine groups is 1. The number of benzene rings is 1. The molecule has 0 saturated carbocycles. The summed E-state index contributed by atoms with van der Waals surface area (Å²) >= 11 is 0. The third-order valence-corrected chi connectivity index (χ3v) is 5.53. The van der Waals surface area contributed by atoms with Gasteiger partial charge in [0, 0.05) is 59.4 Å². The van der Waals surface area contributed by atoms with Crippen molar-refractivity contribution in [2.24, 2.45) is 10.9 Å². The first-order valence-electron chi connectivity index (χ1n) is 11.3. The third-order valence-electron chi connectivity index (χ3n) is 5.53. The zero-order chi connectivity index (χ0) is 21.2. The van der Waals surface area contributed by atoms with E-state index >= 15 is 0 Å². The fraction of sp³-hybridized carbons (Fsp3) is 0.696. The van der Waals surface area contributed by atoms with Crippen LogP contribution < -0.4 is 10.6 Å². The summed E-state index contributed by atoms with van der Waals surface area (Å²) in [6.45, 7) is 14.7. The standard InChI is InChI=1S/C23H39N5O2/c1-19(2)16-28-9-12-30-22(18-28)15-26-23(24-3)25-14-20-5-4-6-21(13-20)17-27-7-10-29-11-8-27/h4-6,13,19,22H,7-12,14-18H2,1-3H3,(H2,24,25,26). The predicted molar refractivity (Wildman–Crippen MR) is 122 cm³/mol. The highest BCUT2D eigenvalue weighted by Crippen LogP contribution is 2.10. The Bertz CT molecular complexity index is 661. The molecule has 2 fully saturated rings. The predicted octanol–water partition coefficient (Wildman–Crippen LogP) is 1.54. The van der Waals surface area contributed by atoms with Gasteiger partial charge in [-0.25, -0.2) is 0 Å². The molecule has 3 rings (SSSR count). The normalized spacial score (nSPS) is 21.7. The van der Waals surface area contributed by atoms with Crippen molar-refractivity contribution in [3.8, 4) is 0 Å². The molecule has 7 nitrogen and oxygen atoms in total. The largest absolute Gasteiger partial charge is 0.379 e. The first-order valence-corrected chi connectivity index (χ1v) is 11.3. The summed E-state index contributed by atoms with van der Waals surface area (Å²) in [5.74, 6) is 1.50. The van der Waals surface area contributed by atoms with Crippen LogP contribution >= 0.6 is 0 Å². The average Bonchev–Trinajstić information content (AvgIpc) is 2.75. The van der Waals surface area contributed by atoms with Gasteiger partial charge in [0.05, 0.1) is 25.9 Å². The van der Waals surface area contributed by atoms with Gasteiger partial charge in [0.25, 0.3) is 0 Å².